The molecule has 1 amide bonds. The summed E-state index contributed by atoms with van der Waals surface area (Å²) < 4.78 is 5.36. The topological polar surface area (TPSA) is 109 Å². The van der Waals surface area contributed by atoms with E-state index in [2.05, 4.69) is 15.3 Å². The number of rotatable bonds is 6. The number of benzene rings is 1. The van der Waals surface area contributed by atoms with E-state index in [4.69, 9.17) is 4.42 Å². The highest BCUT2D eigenvalue weighted by atomic mass is 16.4. The fourth-order valence-corrected chi connectivity index (χ4v) is 3.23. The summed E-state index contributed by atoms with van der Waals surface area (Å²) in [5, 5.41) is 13.0. The SMILES string of the molecule is Cc1c(CN(C(=O)O)C(C)(C)C)ccc2nc(NCCc3cccnc3)oc(=O)c12. The molecule has 8 heteroatoms. The lowest BCUT2D eigenvalue weighted by Crippen LogP contribution is -2.44. The number of nitrogens with one attached hydrogen (secondary N) is 1. The van der Waals surface area contributed by atoms with Crippen molar-refractivity contribution in [2.24, 2.45) is 0 Å². The van der Waals surface area contributed by atoms with Crippen LogP contribution in [0.25, 0.3) is 10.9 Å². The summed E-state index contributed by atoms with van der Waals surface area (Å²) in [5.74, 6) is 0. The van der Waals surface area contributed by atoms with Crippen molar-refractivity contribution in [2.75, 3.05) is 11.9 Å². The van der Waals surface area contributed by atoms with E-state index in [1.807, 2.05) is 39.0 Å². The van der Waals surface area contributed by atoms with Crippen LogP contribution in [0.5, 0.6) is 0 Å². The Morgan fingerprint density at radius 2 is 2.03 bits per heavy atom. The van der Waals surface area contributed by atoms with Crippen molar-refractivity contribution in [1.29, 1.82) is 0 Å². The normalized spacial score (nSPS) is 11.5. The van der Waals surface area contributed by atoms with Gasteiger partial charge in [-0.3, -0.25) is 9.88 Å². The van der Waals surface area contributed by atoms with Gasteiger partial charge < -0.3 is 14.8 Å². The van der Waals surface area contributed by atoms with Crippen molar-refractivity contribution in [2.45, 2.75) is 46.2 Å². The van der Waals surface area contributed by atoms with Crippen molar-refractivity contribution < 1.29 is 14.3 Å². The van der Waals surface area contributed by atoms with Crippen molar-refractivity contribution in [3.05, 3.63) is 63.8 Å². The van der Waals surface area contributed by atoms with Gasteiger partial charge in [-0.05, 0) is 62.9 Å². The van der Waals surface area contributed by atoms with E-state index in [0.717, 1.165) is 11.1 Å². The first-order chi connectivity index (χ1) is 14.2. The van der Waals surface area contributed by atoms with Crippen molar-refractivity contribution in [1.82, 2.24) is 14.9 Å². The van der Waals surface area contributed by atoms with Gasteiger partial charge in [0.1, 0.15) is 0 Å². The number of amides is 1. The van der Waals surface area contributed by atoms with Gasteiger partial charge in [0.15, 0.2) is 0 Å². The predicted molar refractivity (Wildman–Crippen MR) is 115 cm³/mol. The molecule has 0 aliphatic rings. The summed E-state index contributed by atoms with van der Waals surface area (Å²) in [6.07, 6.45) is 3.20. The Morgan fingerprint density at radius 3 is 2.67 bits per heavy atom. The maximum absolute atomic E-state index is 12.6. The van der Waals surface area contributed by atoms with Crippen LogP contribution in [0.4, 0.5) is 10.8 Å². The Hall–Kier alpha value is -3.42. The first kappa shape index (κ1) is 21.3. The van der Waals surface area contributed by atoms with Crippen LogP contribution in [0, 0.1) is 6.92 Å². The van der Waals surface area contributed by atoms with Crippen LogP contribution < -0.4 is 10.9 Å². The number of anilines is 1. The lowest BCUT2D eigenvalue weighted by atomic mass is 10.0. The van der Waals surface area contributed by atoms with Gasteiger partial charge in [0.05, 0.1) is 10.9 Å². The number of pyridine rings is 1. The molecule has 0 saturated heterocycles. The molecule has 0 saturated carbocycles. The lowest BCUT2D eigenvalue weighted by molar-refractivity contribution is 0.0955. The van der Waals surface area contributed by atoms with Crippen LogP contribution in [0.1, 0.15) is 37.5 Å². The van der Waals surface area contributed by atoms with E-state index >= 15 is 0 Å². The van der Waals surface area contributed by atoms with Gasteiger partial charge in [-0.2, -0.15) is 4.98 Å². The fourth-order valence-electron chi connectivity index (χ4n) is 3.23. The second-order valence-electron chi connectivity index (χ2n) is 8.13. The molecule has 0 unspecified atom stereocenters. The molecule has 0 spiro atoms. The minimum atomic E-state index is -1.01. The van der Waals surface area contributed by atoms with Crippen molar-refractivity contribution in [3.8, 4) is 0 Å². The van der Waals surface area contributed by atoms with E-state index in [1.165, 1.54) is 4.90 Å². The molecule has 2 aromatic heterocycles. The zero-order valence-electron chi connectivity index (χ0n) is 17.6. The summed E-state index contributed by atoms with van der Waals surface area (Å²) in [5.41, 5.74) is 1.92. The fraction of sp³-hybridized carbons (Fsp3) is 0.364. The highest BCUT2D eigenvalue weighted by molar-refractivity contribution is 5.82. The third-order valence-corrected chi connectivity index (χ3v) is 4.95. The number of aromatic nitrogens is 2. The maximum atomic E-state index is 12.6. The first-order valence-electron chi connectivity index (χ1n) is 9.73. The minimum Gasteiger partial charge on any atom is -0.465 e. The number of nitrogens with zero attached hydrogens (tertiary/aromatic N) is 3. The summed E-state index contributed by atoms with van der Waals surface area (Å²) in [6, 6.07) is 7.54. The number of carboxylic acid groups (broad SMARTS) is 1. The number of carbonyl (C=O) groups is 1. The molecule has 0 bridgehead atoms. The van der Waals surface area contributed by atoms with Crippen LogP contribution in [-0.2, 0) is 13.0 Å². The monoisotopic (exact) mass is 410 g/mol. The molecule has 3 rings (SSSR count). The van der Waals surface area contributed by atoms with Gasteiger partial charge in [-0.25, -0.2) is 9.59 Å². The van der Waals surface area contributed by atoms with Crippen molar-refractivity contribution >= 4 is 23.0 Å². The number of hydrogen-bond acceptors (Lipinski definition) is 6. The Morgan fingerprint density at radius 1 is 1.27 bits per heavy atom. The zero-order chi connectivity index (χ0) is 21.9. The van der Waals surface area contributed by atoms with E-state index in [0.29, 0.717) is 29.4 Å². The van der Waals surface area contributed by atoms with Crippen LogP contribution in [0.2, 0.25) is 0 Å². The molecule has 8 nitrogen and oxygen atoms in total. The van der Waals surface area contributed by atoms with Gasteiger partial charge >= 0.3 is 11.7 Å². The standard InChI is InChI=1S/C22H26N4O4/c1-14-16(13-26(21(28)29)22(2,3)4)7-8-17-18(14)19(27)30-20(25-17)24-11-9-15-6-5-10-23-12-15/h5-8,10,12H,9,11,13H2,1-4H3,(H,24,25)(H,28,29). The number of aryl methyl sites for hydroxylation is 1. The van der Waals surface area contributed by atoms with E-state index in [1.54, 1.807) is 25.4 Å². The third kappa shape index (κ3) is 4.76. The molecular weight excluding hydrogens is 384 g/mol. The summed E-state index contributed by atoms with van der Waals surface area (Å²) in [7, 11) is 0. The highest BCUT2D eigenvalue weighted by Gasteiger charge is 2.27. The van der Waals surface area contributed by atoms with Gasteiger partial charge in [0.2, 0.25) is 0 Å². The Labute approximate surface area is 174 Å². The molecular formula is C22H26N4O4. The average Bonchev–Trinajstić information content (AvgIpc) is 2.66. The van der Waals surface area contributed by atoms with Crippen LogP contribution in [0.3, 0.4) is 0 Å². The molecule has 0 atom stereocenters. The molecule has 0 aliphatic heterocycles. The molecule has 0 aliphatic carbocycles. The summed E-state index contributed by atoms with van der Waals surface area (Å²) in [4.78, 5) is 34.1. The van der Waals surface area contributed by atoms with Gasteiger partial charge in [0.25, 0.3) is 6.01 Å². The second kappa shape index (κ2) is 8.52. The number of hydrogen-bond donors (Lipinski definition) is 2. The largest absolute Gasteiger partial charge is 0.465 e. The Bertz CT molecular complexity index is 1100. The molecule has 30 heavy (non-hydrogen) atoms. The van der Waals surface area contributed by atoms with Gasteiger partial charge in [-0.1, -0.05) is 12.1 Å². The third-order valence-electron chi connectivity index (χ3n) is 4.95. The molecule has 158 valence electrons. The molecule has 2 N–H and O–H groups in total. The first-order valence-corrected chi connectivity index (χ1v) is 9.73. The van der Waals surface area contributed by atoms with E-state index < -0.39 is 17.3 Å². The molecule has 3 aromatic rings. The maximum Gasteiger partial charge on any atom is 0.408 e. The molecule has 1 aromatic carbocycles. The van der Waals surface area contributed by atoms with E-state index in [-0.39, 0.29) is 12.6 Å². The van der Waals surface area contributed by atoms with Gasteiger partial charge in [-0.15, -0.1) is 0 Å². The minimum absolute atomic E-state index is 0.158. The van der Waals surface area contributed by atoms with Crippen LogP contribution in [-0.4, -0.2) is 38.2 Å². The van der Waals surface area contributed by atoms with Gasteiger partial charge in [0, 0.05) is 31.0 Å². The predicted octanol–water partition coefficient (Wildman–Crippen LogP) is 3.82. The Kier molecular flexibility index (Phi) is 6.05. The molecule has 2 heterocycles. The van der Waals surface area contributed by atoms with E-state index in [9.17, 15) is 14.7 Å². The summed E-state index contributed by atoms with van der Waals surface area (Å²) >= 11 is 0. The quantitative estimate of drug-likeness (QED) is 0.636. The number of fused-ring (bicyclic) bond motifs is 1. The zero-order valence-corrected chi connectivity index (χ0v) is 17.6. The summed E-state index contributed by atoms with van der Waals surface area (Å²) in [6.45, 7) is 7.99. The smallest absolute Gasteiger partial charge is 0.408 e. The highest BCUT2D eigenvalue weighted by Crippen LogP contribution is 2.24. The average molecular weight is 410 g/mol. The van der Waals surface area contributed by atoms with Crippen LogP contribution in [0.15, 0.2) is 45.9 Å². The lowest BCUT2D eigenvalue weighted by Gasteiger charge is -2.33. The Balaban J connectivity index is 1.83. The van der Waals surface area contributed by atoms with Crippen LogP contribution >= 0.6 is 0 Å². The second-order valence-corrected chi connectivity index (χ2v) is 8.13. The van der Waals surface area contributed by atoms with Crippen molar-refractivity contribution in [3.63, 3.8) is 0 Å². The molecule has 0 radical (unpaired) electrons. The molecule has 0 fully saturated rings.